The van der Waals surface area contributed by atoms with E-state index in [9.17, 15) is 0 Å². The van der Waals surface area contributed by atoms with Crippen molar-refractivity contribution in [2.45, 2.75) is 19.8 Å². The molecule has 0 radical (unpaired) electrons. The molecule has 1 aromatic carbocycles. The van der Waals surface area contributed by atoms with Gasteiger partial charge >= 0.3 is 0 Å². The molecule has 0 aromatic heterocycles. The van der Waals surface area contributed by atoms with Crippen molar-refractivity contribution >= 4 is 0 Å². The lowest BCUT2D eigenvalue weighted by molar-refractivity contribution is 0.160. The predicted octanol–water partition coefficient (Wildman–Crippen LogP) is 2.72. The van der Waals surface area contributed by atoms with E-state index in [-0.39, 0.29) is 0 Å². The van der Waals surface area contributed by atoms with Crippen molar-refractivity contribution in [3.8, 4) is 5.75 Å². The van der Waals surface area contributed by atoms with Crippen LogP contribution in [0.25, 0.3) is 0 Å². The predicted molar refractivity (Wildman–Crippen MR) is 66.9 cm³/mol. The molecule has 16 heavy (non-hydrogen) atoms. The van der Waals surface area contributed by atoms with Crippen LogP contribution in [0.4, 0.5) is 0 Å². The van der Waals surface area contributed by atoms with Gasteiger partial charge in [-0.15, -0.1) is 0 Å². The van der Waals surface area contributed by atoms with Gasteiger partial charge in [-0.2, -0.15) is 0 Å². The summed E-state index contributed by atoms with van der Waals surface area (Å²) in [7, 11) is 2.19. The Morgan fingerprint density at radius 3 is 2.44 bits per heavy atom. The zero-order chi connectivity index (χ0) is 11.4. The fraction of sp³-hybridized carbons (Fsp3) is 0.571. The van der Waals surface area contributed by atoms with Gasteiger partial charge in [-0.3, -0.25) is 0 Å². The molecule has 88 valence electrons. The van der Waals surface area contributed by atoms with E-state index < -0.39 is 0 Å². The maximum absolute atomic E-state index is 5.82. The monoisotopic (exact) mass is 219 g/mol. The van der Waals surface area contributed by atoms with Gasteiger partial charge < -0.3 is 9.64 Å². The Balaban J connectivity index is 1.77. The first-order chi connectivity index (χ1) is 7.74. The summed E-state index contributed by atoms with van der Waals surface area (Å²) in [5.41, 5.74) is 1.28. The Kier molecular flexibility index (Phi) is 3.83. The number of ether oxygens (including phenoxy) is 1. The van der Waals surface area contributed by atoms with Crippen LogP contribution in [0.3, 0.4) is 0 Å². The second-order valence-electron chi connectivity index (χ2n) is 4.87. The second kappa shape index (κ2) is 5.35. The standard InChI is InChI=1S/C14H21NO/c1-12-3-5-14(6-4-12)16-11-13-7-9-15(2)10-8-13/h3-6,13H,7-11H2,1-2H3. The van der Waals surface area contributed by atoms with Crippen molar-refractivity contribution in [2.75, 3.05) is 26.7 Å². The van der Waals surface area contributed by atoms with Gasteiger partial charge in [0.2, 0.25) is 0 Å². The van der Waals surface area contributed by atoms with Gasteiger partial charge in [0.25, 0.3) is 0 Å². The molecular formula is C14H21NO. The van der Waals surface area contributed by atoms with Gasteiger partial charge in [0.05, 0.1) is 6.61 Å². The summed E-state index contributed by atoms with van der Waals surface area (Å²) in [6.45, 7) is 5.39. The Hall–Kier alpha value is -1.02. The van der Waals surface area contributed by atoms with Crippen molar-refractivity contribution in [3.05, 3.63) is 29.8 Å². The number of likely N-dealkylation sites (tertiary alicyclic amines) is 1. The summed E-state index contributed by atoms with van der Waals surface area (Å²) in [5.74, 6) is 1.74. The fourth-order valence-corrected chi connectivity index (χ4v) is 2.08. The van der Waals surface area contributed by atoms with Crippen molar-refractivity contribution in [1.29, 1.82) is 0 Å². The van der Waals surface area contributed by atoms with Crippen LogP contribution in [-0.4, -0.2) is 31.6 Å². The van der Waals surface area contributed by atoms with E-state index >= 15 is 0 Å². The number of hydrogen-bond acceptors (Lipinski definition) is 2. The van der Waals surface area contributed by atoms with E-state index in [2.05, 4.69) is 43.1 Å². The first kappa shape index (κ1) is 11.5. The lowest BCUT2D eigenvalue weighted by Gasteiger charge is -2.28. The molecule has 1 aliphatic heterocycles. The summed E-state index contributed by atoms with van der Waals surface area (Å²) in [4.78, 5) is 2.39. The minimum absolute atomic E-state index is 0.734. The Labute approximate surface area is 98.2 Å². The summed E-state index contributed by atoms with van der Waals surface area (Å²) in [6, 6.07) is 8.32. The number of benzene rings is 1. The van der Waals surface area contributed by atoms with Crippen molar-refractivity contribution in [3.63, 3.8) is 0 Å². The van der Waals surface area contributed by atoms with Crippen LogP contribution in [0, 0.1) is 12.8 Å². The molecule has 1 fully saturated rings. The third kappa shape index (κ3) is 3.24. The van der Waals surface area contributed by atoms with Gasteiger partial charge in [0.15, 0.2) is 0 Å². The van der Waals surface area contributed by atoms with E-state index in [1.807, 2.05) is 0 Å². The molecule has 0 bridgehead atoms. The molecule has 0 amide bonds. The highest BCUT2D eigenvalue weighted by Crippen LogP contribution is 2.18. The number of hydrogen-bond donors (Lipinski definition) is 0. The van der Waals surface area contributed by atoms with Crippen LogP contribution in [0.1, 0.15) is 18.4 Å². The van der Waals surface area contributed by atoms with Crippen LogP contribution >= 0.6 is 0 Å². The molecule has 0 saturated carbocycles. The summed E-state index contributed by atoms with van der Waals surface area (Å²) in [5, 5.41) is 0. The lowest BCUT2D eigenvalue weighted by atomic mass is 9.98. The summed E-state index contributed by atoms with van der Waals surface area (Å²) >= 11 is 0. The van der Waals surface area contributed by atoms with Crippen LogP contribution < -0.4 is 4.74 Å². The van der Waals surface area contributed by atoms with Gasteiger partial charge in [0, 0.05) is 0 Å². The van der Waals surface area contributed by atoms with Gasteiger partial charge in [-0.25, -0.2) is 0 Å². The lowest BCUT2D eigenvalue weighted by Crippen LogP contribution is -2.32. The molecular weight excluding hydrogens is 198 g/mol. The molecule has 0 aliphatic carbocycles. The molecule has 2 nitrogen and oxygen atoms in total. The first-order valence-electron chi connectivity index (χ1n) is 6.12. The zero-order valence-electron chi connectivity index (χ0n) is 10.3. The average molecular weight is 219 g/mol. The molecule has 0 N–H and O–H groups in total. The topological polar surface area (TPSA) is 12.5 Å². The molecule has 2 rings (SSSR count). The average Bonchev–Trinajstić information content (AvgIpc) is 2.30. The Morgan fingerprint density at radius 1 is 1.19 bits per heavy atom. The number of rotatable bonds is 3. The normalized spacial score (nSPS) is 18.6. The Bertz CT molecular complexity index is 312. The van der Waals surface area contributed by atoms with E-state index in [0.29, 0.717) is 0 Å². The SMILES string of the molecule is Cc1ccc(OCC2CCN(C)CC2)cc1. The van der Waals surface area contributed by atoms with Gasteiger partial charge in [0.1, 0.15) is 5.75 Å². The van der Waals surface area contributed by atoms with Crippen LogP contribution in [-0.2, 0) is 0 Å². The molecule has 1 aliphatic rings. The third-order valence-electron chi connectivity index (χ3n) is 3.34. The van der Waals surface area contributed by atoms with E-state index in [4.69, 9.17) is 4.74 Å². The highest BCUT2D eigenvalue weighted by Gasteiger charge is 2.16. The second-order valence-corrected chi connectivity index (χ2v) is 4.87. The zero-order valence-corrected chi connectivity index (χ0v) is 10.3. The molecule has 1 heterocycles. The maximum Gasteiger partial charge on any atom is 0.119 e. The van der Waals surface area contributed by atoms with E-state index in [0.717, 1.165) is 18.3 Å². The highest BCUT2D eigenvalue weighted by molar-refractivity contribution is 5.26. The van der Waals surface area contributed by atoms with E-state index in [1.54, 1.807) is 0 Å². The van der Waals surface area contributed by atoms with Gasteiger partial charge in [-0.05, 0) is 58.0 Å². The first-order valence-corrected chi connectivity index (χ1v) is 6.12. The number of aryl methyl sites for hydroxylation is 1. The number of nitrogens with zero attached hydrogens (tertiary/aromatic N) is 1. The molecule has 0 atom stereocenters. The molecule has 2 heteroatoms. The smallest absolute Gasteiger partial charge is 0.119 e. The fourth-order valence-electron chi connectivity index (χ4n) is 2.08. The molecule has 1 saturated heterocycles. The van der Waals surface area contributed by atoms with Crippen molar-refractivity contribution in [1.82, 2.24) is 4.90 Å². The van der Waals surface area contributed by atoms with Crippen LogP contribution in [0.15, 0.2) is 24.3 Å². The van der Waals surface area contributed by atoms with E-state index in [1.165, 1.54) is 31.5 Å². The minimum Gasteiger partial charge on any atom is -0.493 e. The largest absolute Gasteiger partial charge is 0.493 e. The van der Waals surface area contributed by atoms with Crippen molar-refractivity contribution in [2.24, 2.45) is 5.92 Å². The van der Waals surface area contributed by atoms with Crippen molar-refractivity contribution < 1.29 is 4.74 Å². The molecule has 1 aromatic rings. The van der Waals surface area contributed by atoms with Gasteiger partial charge in [-0.1, -0.05) is 17.7 Å². The summed E-state index contributed by atoms with van der Waals surface area (Å²) in [6.07, 6.45) is 2.53. The number of piperidine rings is 1. The molecule has 0 unspecified atom stereocenters. The van der Waals surface area contributed by atoms with Crippen LogP contribution in [0.5, 0.6) is 5.75 Å². The minimum atomic E-state index is 0.734. The highest BCUT2D eigenvalue weighted by atomic mass is 16.5. The maximum atomic E-state index is 5.82. The Morgan fingerprint density at radius 2 is 1.81 bits per heavy atom. The van der Waals surface area contributed by atoms with Crippen LogP contribution in [0.2, 0.25) is 0 Å². The third-order valence-corrected chi connectivity index (χ3v) is 3.34. The summed E-state index contributed by atoms with van der Waals surface area (Å²) < 4.78 is 5.82. The quantitative estimate of drug-likeness (QED) is 0.775. The molecule has 0 spiro atoms.